The summed E-state index contributed by atoms with van der Waals surface area (Å²) < 4.78 is 0. The Kier molecular flexibility index (Phi) is 5.14. The highest BCUT2D eigenvalue weighted by atomic mass is 16.4. The topological polar surface area (TPSA) is 80.4 Å². The third-order valence-corrected chi connectivity index (χ3v) is 4.95. The van der Waals surface area contributed by atoms with Crippen LogP contribution in [-0.4, -0.2) is 17.0 Å². The van der Waals surface area contributed by atoms with Gasteiger partial charge in [-0.15, -0.1) is 0 Å². The normalized spacial score (nSPS) is 10.5. The fourth-order valence-electron chi connectivity index (χ4n) is 3.45. The average molecular weight is 393 g/mol. The van der Waals surface area contributed by atoms with Gasteiger partial charge in [0.05, 0.1) is 5.56 Å². The van der Waals surface area contributed by atoms with Gasteiger partial charge in [-0.2, -0.15) is 0 Å². The number of carbonyl (C=O) groups excluding carboxylic acids is 1. The Morgan fingerprint density at radius 1 is 0.533 bits per heavy atom. The van der Waals surface area contributed by atoms with E-state index in [1.54, 1.807) is 12.1 Å². The minimum Gasteiger partial charge on any atom is -0.478 e. The van der Waals surface area contributed by atoms with Crippen molar-refractivity contribution in [2.24, 2.45) is 5.73 Å². The van der Waals surface area contributed by atoms with Crippen LogP contribution in [0.25, 0.3) is 33.4 Å². The third kappa shape index (κ3) is 3.98. The van der Waals surface area contributed by atoms with Crippen molar-refractivity contribution in [3.8, 4) is 33.4 Å². The molecule has 3 N–H and O–H groups in total. The summed E-state index contributed by atoms with van der Waals surface area (Å²) in [7, 11) is 0. The van der Waals surface area contributed by atoms with Crippen LogP contribution in [0.15, 0.2) is 97.1 Å². The SMILES string of the molecule is NC(=O)c1cc(C(=O)O)cc(-c2cc(-c3ccccc3)cc(-c3ccccc3)c2)c1. The van der Waals surface area contributed by atoms with Crippen molar-refractivity contribution in [3.05, 3.63) is 108 Å². The smallest absolute Gasteiger partial charge is 0.335 e. The summed E-state index contributed by atoms with van der Waals surface area (Å²) in [5.41, 5.74) is 11.1. The highest BCUT2D eigenvalue weighted by molar-refractivity contribution is 5.99. The van der Waals surface area contributed by atoms with Gasteiger partial charge >= 0.3 is 5.97 Å². The number of hydrogen-bond donors (Lipinski definition) is 2. The number of carboxylic acid groups (broad SMARTS) is 1. The minimum atomic E-state index is -1.11. The molecule has 4 nitrogen and oxygen atoms in total. The van der Waals surface area contributed by atoms with Gasteiger partial charge in [-0.05, 0) is 69.8 Å². The van der Waals surface area contributed by atoms with Gasteiger partial charge in [-0.3, -0.25) is 4.79 Å². The Labute approximate surface area is 174 Å². The van der Waals surface area contributed by atoms with Crippen LogP contribution in [0, 0.1) is 0 Å². The Morgan fingerprint density at radius 3 is 1.37 bits per heavy atom. The quantitative estimate of drug-likeness (QED) is 0.471. The molecular weight excluding hydrogens is 374 g/mol. The number of primary amides is 1. The molecule has 0 bridgehead atoms. The fraction of sp³-hybridized carbons (Fsp3) is 0. The minimum absolute atomic E-state index is 0.0210. The molecule has 0 atom stereocenters. The molecule has 4 aromatic carbocycles. The number of aromatic carboxylic acids is 1. The van der Waals surface area contributed by atoms with Gasteiger partial charge in [0.15, 0.2) is 0 Å². The zero-order valence-corrected chi connectivity index (χ0v) is 16.1. The Hall–Kier alpha value is -4.18. The molecule has 0 spiro atoms. The number of carboxylic acids is 1. The summed E-state index contributed by atoms with van der Waals surface area (Å²) in [5, 5.41) is 9.48. The molecule has 146 valence electrons. The molecule has 0 unspecified atom stereocenters. The largest absolute Gasteiger partial charge is 0.478 e. The van der Waals surface area contributed by atoms with Crippen molar-refractivity contribution in [2.75, 3.05) is 0 Å². The van der Waals surface area contributed by atoms with Crippen LogP contribution >= 0.6 is 0 Å². The van der Waals surface area contributed by atoms with E-state index in [9.17, 15) is 14.7 Å². The summed E-state index contributed by atoms with van der Waals surface area (Å²) >= 11 is 0. The highest BCUT2D eigenvalue weighted by Gasteiger charge is 2.13. The van der Waals surface area contributed by atoms with E-state index in [0.29, 0.717) is 5.56 Å². The molecule has 30 heavy (non-hydrogen) atoms. The predicted molar refractivity (Wildman–Crippen MR) is 118 cm³/mol. The molecule has 4 rings (SSSR count). The van der Waals surface area contributed by atoms with E-state index in [1.807, 2.05) is 72.8 Å². The van der Waals surface area contributed by atoms with Gasteiger partial charge in [-0.25, -0.2) is 4.79 Å². The lowest BCUT2D eigenvalue weighted by atomic mass is 9.92. The van der Waals surface area contributed by atoms with Gasteiger partial charge in [-0.1, -0.05) is 60.7 Å². The van der Waals surface area contributed by atoms with E-state index in [0.717, 1.165) is 27.8 Å². The zero-order chi connectivity index (χ0) is 21.1. The molecule has 0 radical (unpaired) electrons. The fourth-order valence-corrected chi connectivity index (χ4v) is 3.45. The number of nitrogens with two attached hydrogens (primary N) is 1. The van der Waals surface area contributed by atoms with Crippen molar-refractivity contribution in [1.82, 2.24) is 0 Å². The van der Waals surface area contributed by atoms with Crippen molar-refractivity contribution in [2.45, 2.75) is 0 Å². The lowest BCUT2D eigenvalue weighted by molar-refractivity contribution is 0.0697. The summed E-state index contributed by atoms with van der Waals surface area (Å²) in [4.78, 5) is 23.3. The Bertz CT molecular complexity index is 1140. The summed E-state index contributed by atoms with van der Waals surface area (Å²) in [6.07, 6.45) is 0. The predicted octanol–water partition coefficient (Wildman–Crippen LogP) is 5.48. The second kappa shape index (κ2) is 8.05. The molecule has 0 aliphatic rings. The summed E-state index contributed by atoms with van der Waals surface area (Å²) in [6.45, 7) is 0. The molecule has 0 fully saturated rings. The first-order valence-electron chi connectivity index (χ1n) is 9.46. The standard InChI is InChI=1S/C26H19NO3/c27-25(28)23-14-22(15-24(16-23)26(29)30)21-12-19(17-7-3-1-4-8-17)11-20(13-21)18-9-5-2-6-10-18/h1-16H,(H2,27,28)(H,29,30). The zero-order valence-electron chi connectivity index (χ0n) is 16.1. The molecular formula is C26H19NO3. The molecule has 0 saturated heterocycles. The van der Waals surface area contributed by atoms with Gasteiger partial charge in [0.2, 0.25) is 5.91 Å². The van der Waals surface area contributed by atoms with E-state index in [2.05, 4.69) is 6.07 Å². The van der Waals surface area contributed by atoms with E-state index < -0.39 is 11.9 Å². The van der Waals surface area contributed by atoms with Gasteiger partial charge in [0.1, 0.15) is 0 Å². The lowest BCUT2D eigenvalue weighted by Gasteiger charge is -2.12. The number of rotatable bonds is 5. The molecule has 1 amide bonds. The van der Waals surface area contributed by atoms with E-state index in [-0.39, 0.29) is 11.1 Å². The van der Waals surface area contributed by atoms with Crippen molar-refractivity contribution in [3.63, 3.8) is 0 Å². The molecule has 0 heterocycles. The van der Waals surface area contributed by atoms with Crippen LogP contribution < -0.4 is 5.73 Å². The van der Waals surface area contributed by atoms with Crippen LogP contribution in [0.3, 0.4) is 0 Å². The van der Waals surface area contributed by atoms with Gasteiger partial charge < -0.3 is 10.8 Å². The summed E-state index contributed by atoms with van der Waals surface area (Å²) in [6, 6.07) is 30.5. The Balaban J connectivity index is 1.96. The highest BCUT2D eigenvalue weighted by Crippen LogP contribution is 2.33. The molecule has 0 saturated carbocycles. The molecule has 0 aliphatic carbocycles. The first-order valence-corrected chi connectivity index (χ1v) is 9.46. The second-order valence-electron chi connectivity index (χ2n) is 7.00. The third-order valence-electron chi connectivity index (χ3n) is 4.95. The van der Waals surface area contributed by atoms with E-state index >= 15 is 0 Å². The van der Waals surface area contributed by atoms with Crippen molar-refractivity contribution >= 4 is 11.9 Å². The first kappa shape index (κ1) is 19.2. The maximum Gasteiger partial charge on any atom is 0.335 e. The monoisotopic (exact) mass is 393 g/mol. The lowest BCUT2D eigenvalue weighted by Crippen LogP contribution is -2.12. The molecule has 0 aromatic heterocycles. The van der Waals surface area contributed by atoms with E-state index in [1.165, 1.54) is 6.07 Å². The molecule has 0 aliphatic heterocycles. The van der Waals surface area contributed by atoms with Gasteiger partial charge in [0.25, 0.3) is 0 Å². The maximum atomic E-state index is 11.8. The number of hydrogen-bond acceptors (Lipinski definition) is 2. The van der Waals surface area contributed by atoms with Crippen LogP contribution in [0.2, 0.25) is 0 Å². The van der Waals surface area contributed by atoms with Crippen LogP contribution in [0.5, 0.6) is 0 Å². The number of benzene rings is 4. The average Bonchev–Trinajstić information content (AvgIpc) is 2.79. The number of amides is 1. The van der Waals surface area contributed by atoms with Crippen molar-refractivity contribution in [1.29, 1.82) is 0 Å². The van der Waals surface area contributed by atoms with Crippen LogP contribution in [0.4, 0.5) is 0 Å². The second-order valence-corrected chi connectivity index (χ2v) is 7.00. The van der Waals surface area contributed by atoms with E-state index in [4.69, 9.17) is 5.73 Å². The molecule has 4 aromatic rings. The summed E-state index contributed by atoms with van der Waals surface area (Å²) in [5.74, 6) is -1.77. The van der Waals surface area contributed by atoms with Crippen LogP contribution in [-0.2, 0) is 0 Å². The maximum absolute atomic E-state index is 11.8. The van der Waals surface area contributed by atoms with Crippen molar-refractivity contribution < 1.29 is 14.7 Å². The first-order chi connectivity index (χ1) is 14.5. The van der Waals surface area contributed by atoms with Gasteiger partial charge in [0, 0.05) is 5.56 Å². The number of carbonyl (C=O) groups is 2. The molecule has 4 heteroatoms. The van der Waals surface area contributed by atoms with Crippen LogP contribution in [0.1, 0.15) is 20.7 Å². The Morgan fingerprint density at radius 2 is 0.933 bits per heavy atom.